The smallest absolute Gasteiger partial charge is 0.191 e. The fourth-order valence-electron chi connectivity index (χ4n) is 2.35. The third-order valence-electron chi connectivity index (χ3n) is 3.71. The highest BCUT2D eigenvalue weighted by atomic mass is 35.5. The number of ether oxygens (including phenoxy) is 1. The minimum Gasteiger partial charge on any atom is -0.483 e. The third-order valence-corrected chi connectivity index (χ3v) is 5.54. The van der Waals surface area contributed by atoms with Crippen LogP contribution in [0.2, 0.25) is 10.0 Å². The minimum atomic E-state index is -0.322. The largest absolute Gasteiger partial charge is 0.483 e. The first-order valence-electron chi connectivity index (χ1n) is 7.82. The van der Waals surface area contributed by atoms with Gasteiger partial charge in [-0.25, -0.2) is 4.39 Å². The van der Waals surface area contributed by atoms with Crippen molar-refractivity contribution in [3.8, 4) is 5.75 Å². The summed E-state index contributed by atoms with van der Waals surface area (Å²) in [5.41, 5.74) is 1.05. The number of nitrogens with zero attached hydrogens (tertiary/aromatic N) is 3. The molecule has 1 aromatic heterocycles. The Morgan fingerprint density at radius 2 is 1.85 bits per heavy atom. The normalized spacial score (nSPS) is 12.2. The second-order valence-corrected chi connectivity index (χ2v) is 7.41. The molecular formula is C18H16Cl2FN3OS. The first kappa shape index (κ1) is 19.0. The number of halogens is 3. The lowest BCUT2D eigenvalue weighted by atomic mass is 10.2. The molecule has 3 rings (SSSR count). The summed E-state index contributed by atoms with van der Waals surface area (Å²) < 4.78 is 20.7. The SMILES string of the molecule is CC(Oc1ccc(F)cc1)c1nnc(SCc2ccc(Cl)c(Cl)c2)n1C. The van der Waals surface area contributed by atoms with Crippen LogP contribution >= 0.6 is 35.0 Å². The zero-order valence-electron chi connectivity index (χ0n) is 14.1. The molecule has 1 heterocycles. The monoisotopic (exact) mass is 411 g/mol. The van der Waals surface area contributed by atoms with Gasteiger partial charge in [0, 0.05) is 12.8 Å². The molecule has 0 radical (unpaired) electrons. The summed E-state index contributed by atoms with van der Waals surface area (Å²) >= 11 is 13.5. The van der Waals surface area contributed by atoms with Crippen LogP contribution in [-0.4, -0.2) is 14.8 Å². The Morgan fingerprint density at radius 3 is 2.54 bits per heavy atom. The molecule has 0 N–H and O–H groups in total. The van der Waals surface area contributed by atoms with E-state index in [1.807, 2.05) is 30.7 Å². The summed E-state index contributed by atoms with van der Waals surface area (Å²) in [4.78, 5) is 0. The maximum atomic E-state index is 13.0. The van der Waals surface area contributed by atoms with Crippen molar-refractivity contribution in [1.29, 1.82) is 0 Å². The van der Waals surface area contributed by atoms with Crippen LogP contribution in [0.3, 0.4) is 0 Å². The van der Waals surface area contributed by atoms with Gasteiger partial charge in [-0.15, -0.1) is 10.2 Å². The van der Waals surface area contributed by atoms with E-state index in [0.29, 0.717) is 27.4 Å². The average molecular weight is 412 g/mol. The quantitative estimate of drug-likeness (QED) is 0.488. The minimum absolute atomic E-state index is 0.301. The summed E-state index contributed by atoms with van der Waals surface area (Å²) in [6.07, 6.45) is -0.322. The number of thioether (sulfide) groups is 1. The summed E-state index contributed by atoms with van der Waals surface area (Å²) in [6.45, 7) is 1.88. The second kappa shape index (κ2) is 8.29. The van der Waals surface area contributed by atoms with Crippen molar-refractivity contribution >= 4 is 35.0 Å². The van der Waals surface area contributed by atoms with Crippen LogP contribution < -0.4 is 4.74 Å². The van der Waals surface area contributed by atoms with Gasteiger partial charge in [-0.1, -0.05) is 41.0 Å². The first-order valence-corrected chi connectivity index (χ1v) is 9.56. The van der Waals surface area contributed by atoms with Gasteiger partial charge in [0.1, 0.15) is 11.6 Å². The maximum absolute atomic E-state index is 13.0. The molecule has 0 saturated heterocycles. The van der Waals surface area contributed by atoms with Gasteiger partial charge in [0.15, 0.2) is 17.1 Å². The Hall–Kier alpha value is -1.76. The lowest BCUT2D eigenvalue weighted by Crippen LogP contribution is -2.10. The first-order chi connectivity index (χ1) is 12.4. The van der Waals surface area contributed by atoms with Gasteiger partial charge in [-0.05, 0) is 48.9 Å². The summed E-state index contributed by atoms with van der Waals surface area (Å²) in [6, 6.07) is 11.4. The fraction of sp³-hybridized carbons (Fsp3) is 0.222. The van der Waals surface area contributed by atoms with Crippen LogP contribution in [0, 0.1) is 5.82 Å². The van der Waals surface area contributed by atoms with Crippen LogP contribution in [-0.2, 0) is 12.8 Å². The molecule has 8 heteroatoms. The van der Waals surface area contributed by atoms with Crippen molar-refractivity contribution < 1.29 is 9.13 Å². The molecule has 1 unspecified atom stereocenters. The average Bonchev–Trinajstić information content (AvgIpc) is 2.99. The highest BCUT2D eigenvalue weighted by molar-refractivity contribution is 7.98. The number of aromatic nitrogens is 3. The van der Waals surface area contributed by atoms with Gasteiger partial charge in [0.2, 0.25) is 0 Å². The van der Waals surface area contributed by atoms with Crippen LogP contribution in [0.5, 0.6) is 5.75 Å². The van der Waals surface area contributed by atoms with Gasteiger partial charge in [0.05, 0.1) is 10.0 Å². The predicted molar refractivity (Wildman–Crippen MR) is 102 cm³/mol. The topological polar surface area (TPSA) is 39.9 Å². The van der Waals surface area contributed by atoms with Crippen LogP contribution in [0.1, 0.15) is 24.4 Å². The second-order valence-electron chi connectivity index (χ2n) is 5.65. The fourth-order valence-corrected chi connectivity index (χ4v) is 3.53. The Labute approximate surface area is 165 Å². The molecule has 0 saturated carbocycles. The van der Waals surface area contributed by atoms with Crippen LogP contribution in [0.25, 0.3) is 0 Å². The van der Waals surface area contributed by atoms with Crippen molar-refractivity contribution in [2.45, 2.75) is 23.9 Å². The number of benzene rings is 2. The molecule has 1 atom stereocenters. The van der Waals surface area contributed by atoms with E-state index in [1.165, 1.54) is 12.1 Å². The lowest BCUT2D eigenvalue weighted by Gasteiger charge is -2.14. The van der Waals surface area contributed by atoms with E-state index in [1.54, 1.807) is 30.0 Å². The summed E-state index contributed by atoms with van der Waals surface area (Å²) in [7, 11) is 1.89. The molecule has 2 aromatic carbocycles. The van der Waals surface area contributed by atoms with E-state index in [4.69, 9.17) is 27.9 Å². The van der Waals surface area contributed by atoms with E-state index in [9.17, 15) is 4.39 Å². The van der Waals surface area contributed by atoms with Crippen LogP contribution in [0.15, 0.2) is 47.6 Å². The third kappa shape index (κ3) is 4.50. The Morgan fingerprint density at radius 1 is 1.12 bits per heavy atom. The Kier molecular flexibility index (Phi) is 6.06. The van der Waals surface area contributed by atoms with Gasteiger partial charge in [0.25, 0.3) is 0 Å². The highest BCUT2D eigenvalue weighted by Gasteiger charge is 2.17. The van der Waals surface area contributed by atoms with Crippen molar-refractivity contribution in [3.05, 3.63) is 69.7 Å². The molecule has 26 heavy (non-hydrogen) atoms. The van der Waals surface area contributed by atoms with E-state index in [2.05, 4.69) is 10.2 Å². The van der Waals surface area contributed by atoms with Gasteiger partial charge in [-0.2, -0.15) is 0 Å². The Bertz CT molecular complexity index is 902. The predicted octanol–water partition coefficient (Wildman–Crippen LogP) is 5.69. The van der Waals surface area contributed by atoms with Crippen molar-refractivity contribution in [2.75, 3.05) is 0 Å². The van der Waals surface area contributed by atoms with Crippen molar-refractivity contribution in [1.82, 2.24) is 14.8 Å². The van der Waals surface area contributed by atoms with Crippen molar-refractivity contribution in [2.24, 2.45) is 7.05 Å². The highest BCUT2D eigenvalue weighted by Crippen LogP contribution is 2.28. The van der Waals surface area contributed by atoms with Gasteiger partial charge >= 0.3 is 0 Å². The molecule has 4 nitrogen and oxygen atoms in total. The van der Waals surface area contributed by atoms with Crippen LogP contribution in [0.4, 0.5) is 4.39 Å². The maximum Gasteiger partial charge on any atom is 0.191 e. The number of rotatable bonds is 6. The van der Waals surface area contributed by atoms with E-state index < -0.39 is 0 Å². The molecule has 0 aliphatic heterocycles. The standard InChI is InChI=1S/C18H16Cl2FN3OS/c1-11(25-14-6-4-13(21)5-7-14)17-22-23-18(24(17)2)26-10-12-3-8-15(19)16(20)9-12/h3-9,11H,10H2,1-2H3. The molecule has 0 aliphatic carbocycles. The molecule has 0 amide bonds. The molecule has 0 fully saturated rings. The zero-order valence-corrected chi connectivity index (χ0v) is 16.4. The van der Waals surface area contributed by atoms with E-state index >= 15 is 0 Å². The zero-order chi connectivity index (χ0) is 18.7. The molecule has 136 valence electrons. The van der Waals surface area contributed by atoms with E-state index in [-0.39, 0.29) is 11.9 Å². The van der Waals surface area contributed by atoms with E-state index in [0.717, 1.165) is 10.7 Å². The molecule has 0 aliphatic rings. The van der Waals surface area contributed by atoms with Gasteiger partial charge < -0.3 is 9.30 Å². The summed E-state index contributed by atoms with van der Waals surface area (Å²) in [5, 5.41) is 10.3. The summed E-state index contributed by atoms with van der Waals surface area (Å²) in [5.74, 6) is 1.65. The number of hydrogen-bond donors (Lipinski definition) is 0. The lowest BCUT2D eigenvalue weighted by molar-refractivity contribution is 0.211. The molecule has 3 aromatic rings. The molecule has 0 spiro atoms. The van der Waals surface area contributed by atoms with Gasteiger partial charge in [-0.3, -0.25) is 0 Å². The molecule has 0 bridgehead atoms. The van der Waals surface area contributed by atoms with Crippen molar-refractivity contribution in [3.63, 3.8) is 0 Å². The number of hydrogen-bond acceptors (Lipinski definition) is 4. The Balaban J connectivity index is 1.66. The molecular weight excluding hydrogens is 396 g/mol.